The topological polar surface area (TPSA) is 12.0 Å². The van der Waals surface area contributed by atoms with Gasteiger partial charge in [-0.1, -0.05) is 43.7 Å². The normalized spacial score (nSPS) is 11.8. The number of nitrogens with one attached hydrogen (secondary N) is 1. The smallest absolute Gasteiger partial charge is 0.0405 e. The highest BCUT2D eigenvalue weighted by Gasteiger charge is 2.23. The van der Waals surface area contributed by atoms with Crippen molar-refractivity contribution >= 4 is 11.6 Å². The third-order valence-electron chi connectivity index (χ3n) is 3.40. The van der Waals surface area contributed by atoms with Crippen LogP contribution in [-0.4, -0.2) is 11.4 Å². The van der Waals surface area contributed by atoms with E-state index in [-0.39, 0.29) is 5.54 Å². The standard InChI is InChI=1S/C14H22ClN/c1-4-14(5-2,11-15)16-10-13-8-6-12(3)7-9-13/h6-9,16H,4-5,10-11H2,1-3H3. The maximum atomic E-state index is 6.05. The Kier molecular flexibility index (Phi) is 5.30. The Morgan fingerprint density at radius 3 is 2.12 bits per heavy atom. The van der Waals surface area contributed by atoms with Gasteiger partial charge in [-0.15, -0.1) is 11.6 Å². The van der Waals surface area contributed by atoms with E-state index in [1.165, 1.54) is 11.1 Å². The summed E-state index contributed by atoms with van der Waals surface area (Å²) in [5.74, 6) is 0.672. The summed E-state index contributed by atoms with van der Waals surface area (Å²) < 4.78 is 0. The molecule has 0 radical (unpaired) electrons. The molecule has 0 spiro atoms. The fourth-order valence-electron chi connectivity index (χ4n) is 1.73. The third kappa shape index (κ3) is 3.50. The summed E-state index contributed by atoms with van der Waals surface area (Å²) in [5, 5.41) is 3.59. The second-order valence-electron chi connectivity index (χ2n) is 4.46. The summed E-state index contributed by atoms with van der Waals surface area (Å²) in [5.41, 5.74) is 2.72. The van der Waals surface area contributed by atoms with Gasteiger partial charge in [0, 0.05) is 18.0 Å². The van der Waals surface area contributed by atoms with Gasteiger partial charge >= 0.3 is 0 Å². The quantitative estimate of drug-likeness (QED) is 0.743. The molecule has 16 heavy (non-hydrogen) atoms. The predicted octanol–water partition coefficient (Wildman–Crippen LogP) is 3.88. The average Bonchev–Trinajstić information content (AvgIpc) is 2.34. The Labute approximate surface area is 104 Å². The lowest BCUT2D eigenvalue weighted by Crippen LogP contribution is -2.45. The Hall–Kier alpha value is -0.530. The van der Waals surface area contributed by atoms with Crippen LogP contribution in [-0.2, 0) is 6.54 Å². The van der Waals surface area contributed by atoms with Crippen molar-refractivity contribution in [3.05, 3.63) is 35.4 Å². The fraction of sp³-hybridized carbons (Fsp3) is 0.571. The van der Waals surface area contributed by atoms with Crippen LogP contribution >= 0.6 is 11.6 Å². The van der Waals surface area contributed by atoms with E-state index < -0.39 is 0 Å². The molecular formula is C14H22ClN. The first-order valence-corrected chi connectivity index (χ1v) is 6.56. The number of benzene rings is 1. The highest BCUT2D eigenvalue weighted by Crippen LogP contribution is 2.18. The van der Waals surface area contributed by atoms with E-state index >= 15 is 0 Å². The molecule has 0 fully saturated rings. The van der Waals surface area contributed by atoms with E-state index in [0.29, 0.717) is 5.88 Å². The first kappa shape index (κ1) is 13.5. The van der Waals surface area contributed by atoms with Crippen molar-refractivity contribution in [2.45, 2.75) is 45.7 Å². The predicted molar refractivity (Wildman–Crippen MR) is 72.1 cm³/mol. The maximum Gasteiger partial charge on any atom is 0.0405 e. The number of halogens is 1. The molecule has 0 saturated heterocycles. The van der Waals surface area contributed by atoms with Gasteiger partial charge < -0.3 is 5.32 Å². The lowest BCUT2D eigenvalue weighted by atomic mass is 9.95. The SMILES string of the molecule is CCC(CC)(CCl)NCc1ccc(C)cc1. The van der Waals surface area contributed by atoms with Gasteiger partial charge in [0.2, 0.25) is 0 Å². The van der Waals surface area contributed by atoms with E-state index in [2.05, 4.69) is 50.4 Å². The highest BCUT2D eigenvalue weighted by molar-refractivity contribution is 6.18. The van der Waals surface area contributed by atoms with Crippen LogP contribution in [0, 0.1) is 6.92 Å². The molecule has 0 heterocycles. The summed E-state index contributed by atoms with van der Waals surface area (Å²) >= 11 is 6.05. The molecule has 2 heteroatoms. The van der Waals surface area contributed by atoms with Crippen molar-refractivity contribution in [2.24, 2.45) is 0 Å². The minimum Gasteiger partial charge on any atom is -0.306 e. The second-order valence-corrected chi connectivity index (χ2v) is 4.73. The first-order valence-electron chi connectivity index (χ1n) is 6.02. The summed E-state index contributed by atoms with van der Waals surface area (Å²) in [6, 6.07) is 8.65. The monoisotopic (exact) mass is 239 g/mol. The summed E-state index contributed by atoms with van der Waals surface area (Å²) in [6.45, 7) is 7.38. The maximum absolute atomic E-state index is 6.05. The number of aryl methyl sites for hydroxylation is 1. The largest absolute Gasteiger partial charge is 0.306 e. The van der Waals surface area contributed by atoms with Crippen molar-refractivity contribution in [1.82, 2.24) is 5.32 Å². The van der Waals surface area contributed by atoms with Crippen LogP contribution in [0.3, 0.4) is 0 Å². The first-order chi connectivity index (χ1) is 7.65. The average molecular weight is 240 g/mol. The summed E-state index contributed by atoms with van der Waals surface area (Å²) in [6.07, 6.45) is 2.14. The van der Waals surface area contributed by atoms with Crippen LogP contribution in [0.4, 0.5) is 0 Å². The molecule has 1 aromatic carbocycles. The fourth-order valence-corrected chi connectivity index (χ4v) is 2.20. The lowest BCUT2D eigenvalue weighted by molar-refractivity contribution is 0.334. The van der Waals surface area contributed by atoms with Gasteiger partial charge in [0.25, 0.3) is 0 Å². The molecule has 90 valence electrons. The zero-order chi connectivity index (χ0) is 12.0. The number of rotatable bonds is 6. The molecule has 1 aromatic rings. The van der Waals surface area contributed by atoms with Gasteiger partial charge in [0.1, 0.15) is 0 Å². The van der Waals surface area contributed by atoms with E-state index in [1.807, 2.05) is 0 Å². The van der Waals surface area contributed by atoms with Gasteiger partial charge in [-0.2, -0.15) is 0 Å². The lowest BCUT2D eigenvalue weighted by Gasteiger charge is -2.31. The zero-order valence-corrected chi connectivity index (χ0v) is 11.3. The highest BCUT2D eigenvalue weighted by atomic mass is 35.5. The Bertz CT molecular complexity index is 293. The number of alkyl halides is 1. The minimum absolute atomic E-state index is 0.0897. The molecule has 0 amide bonds. The van der Waals surface area contributed by atoms with Gasteiger partial charge in [-0.3, -0.25) is 0 Å². The van der Waals surface area contributed by atoms with Gasteiger partial charge in [-0.25, -0.2) is 0 Å². The molecule has 1 nitrogen and oxygen atoms in total. The Morgan fingerprint density at radius 2 is 1.69 bits per heavy atom. The molecule has 0 aliphatic heterocycles. The second kappa shape index (κ2) is 6.27. The van der Waals surface area contributed by atoms with Crippen molar-refractivity contribution in [3.63, 3.8) is 0 Å². The number of hydrogen-bond donors (Lipinski definition) is 1. The van der Waals surface area contributed by atoms with Crippen LogP contribution < -0.4 is 5.32 Å². The molecule has 1 N–H and O–H groups in total. The third-order valence-corrected chi connectivity index (χ3v) is 3.91. The molecule has 0 atom stereocenters. The van der Waals surface area contributed by atoms with Crippen molar-refractivity contribution in [2.75, 3.05) is 5.88 Å². The molecular weight excluding hydrogens is 218 g/mol. The minimum atomic E-state index is 0.0897. The molecule has 0 bridgehead atoms. The van der Waals surface area contributed by atoms with Crippen molar-refractivity contribution in [1.29, 1.82) is 0 Å². The van der Waals surface area contributed by atoms with E-state index in [1.54, 1.807) is 0 Å². The van der Waals surface area contributed by atoms with Gasteiger partial charge in [0.05, 0.1) is 0 Å². The van der Waals surface area contributed by atoms with E-state index in [0.717, 1.165) is 19.4 Å². The van der Waals surface area contributed by atoms with E-state index in [9.17, 15) is 0 Å². The number of hydrogen-bond acceptors (Lipinski definition) is 1. The van der Waals surface area contributed by atoms with Crippen molar-refractivity contribution < 1.29 is 0 Å². The summed E-state index contributed by atoms with van der Waals surface area (Å²) in [4.78, 5) is 0. The van der Waals surface area contributed by atoms with Crippen LogP contribution in [0.1, 0.15) is 37.8 Å². The Morgan fingerprint density at radius 1 is 1.12 bits per heavy atom. The molecule has 0 aliphatic rings. The molecule has 0 unspecified atom stereocenters. The Balaban J connectivity index is 2.58. The van der Waals surface area contributed by atoms with Crippen LogP contribution in [0.5, 0.6) is 0 Å². The molecule has 0 aliphatic carbocycles. The van der Waals surface area contributed by atoms with Gasteiger partial charge in [-0.05, 0) is 25.3 Å². The van der Waals surface area contributed by atoms with Crippen LogP contribution in [0.25, 0.3) is 0 Å². The van der Waals surface area contributed by atoms with E-state index in [4.69, 9.17) is 11.6 Å². The van der Waals surface area contributed by atoms with Crippen molar-refractivity contribution in [3.8, 4) is 0 Å². The zero-order valence-electron chi connectivity index (χ0n) is 10.5. The van der Waals surface area contributed by atoms with Crippen LogP contribution in [0.15, 0.2) is 24.3 Å². The van der Waals surface area contributed by atoms with Gasteiger partial charge in [0.15, 0.2) is 0 Å². The van der Waals surface area contributed by atoms with Crippen LogP contribution in [0.2, 0.25) is 0 Å². The molecule has 1 rings (SSSR count). The summed E-state index contributed by atoms with van der Waals surface area (Å²) in [7, 11) is 0. The molecule has 0 aromatic heterocycles. The molecule has 0 saturated carbocycles.